The van der Waals surface area contributed by atoms with Gasteiger partial charge in [-0.1, -0.05) is 73.6 Å². The van der Waals surface area contributed by atoms with E-state index >= 15 is 0 Å². The third-order valence-electron chi connectivity index (χ3n) is 6.92. The minimum absolute atomic E-state index is 0.222. The summed E-state index contributed by atoms with van der Waals surface area (Å²) in [6.07, 6.45) is 3.29. The van der Waals surface area contributed by atoms with Crippen LogP contribution in [0.25, 0.3) is 10.8 Å². The molecular formula is C25H38O2Si. The van der Waals surface area contributed by atoms with Crippen LogP contribution in [-0.4, -0.2) is 13.4 Å². The van der Waals surface area contributed by atoms with Gasteiger partial charge in [0.1, 0.15) is 11.5 Å². The third kappa shape index (κ3) is 3.16. The van der Waals surface area contributed by atoms with Crippen LogP contribution in [0.5, 0.6) is 11.5 Å². The fraction of sp³-hybridized carbons (Fsp3) is 0.600. The number of hydrogen-bond donors (Lipinski definition) is 1. The van der Waals surface area contributed by atoms with Crippen molar-refractivity contribution in [3.8, 4) is 11.5 Å². The van der Waals surface area contributed by atoms with Gasteiger partial charge in [-0.25, -0.2) is 0 Å². The van der Waals surface area contributed by atoms with Gasteiger partial charge in [-0.2, -0.15) is 0 Å². The SMILES string of the molecule is CC(C)c1c(O[Si](C(C)C)(C(C)C)C(C)C)c2c3c(cccc3c1O)CCC2. The number of phenols is 1. The molecule has 0 aromatic heterocycles. The van der Waals surface area contributed by atoms with Crippen molar-refractivity contribution in [1.82, 2.24) is 0 Å². The summed E-state index contributed by atoms with van der Waals surface area (Å²) in [7, 11) is -2.11. The van der Waals surface area contributed by atoms with Crippen LogP contribution < -0.4 is 4.43 Å². The van der Waals surface area contributed by atoms with Crippen molar-refractivity contribution in [3.05, 3.63) is 34.9 Å². The first-order valence-electron chi connectivity index (χ1n) is 11.1. The summed E-state index contributed by atoms with van der Waals surface area (Å²) in [5.41, 5.74) is 5.25. The molecule has 0 aliphatic heterocycles. The van der Waals surface area contributed by atoms with Crippen molar-refractivity contribution in [2.75, 3.05) is 0 Å². The number of aryl methyl sites for hydroxylation is 2. The fourth-order valence-corrected chi connectivity index (χ4v) is 11.1. The summed E-state index contributed by atoms with van der Waals surface area (Å²) < 4.78 is 7.26. The van der Waals surface area contributed by atoms with E-state index in [2.05, 4.69) is 73.6 Å². The summed E-state index contributed by atoms with van der Waals surface area (Å²) in [6.45, 7) is 18.3. The van der Waals surface area contributed by atoms with Crippen molar-refractivity contribution >= 4 is 19.1 Å². The van der Waals surface area contributed by atoms with Crippen LogP contribution in [0.15, 0.2) is 18.2 Å². The topological polar surface area (TPSA) is 29.5 Å². The lowest BCUT2D eigenvalue weighted by Gasteiger charge is -2.44. The highest BCUT2D eigenvalue weighted by Crippen LogP contribution is 2.51. The van der Waals surface area contributed by atoms with Crippen molar-refractivity contribution in [2.24, 2.45) is 0 Å². The average Bonchev–Trinajstić information content (AvgIpc) is 2.61. The van der Waals surface area contributed by atoms with E-state index in [0.29, 0.717) is 22.4 Å². The van der Waals surface area contributed by atoms with E-state index in [4.69, 9.17) is 4.43 Å². The summed E-state index contributed by atoms with van der Waals surface area (Å²) in [6, 6.07) is 6.39. The first kappa shape index (κ1) is 21.2. The quantitative estimate of drug-likeness (QED) is 0.505. The molecule has 0 heterocycles. The molecule has 3 rings (SSSR count). The van der Waals surface area contributed by atoms with Gasteiger partial charge in [0, 0.05) is 16.5 Å². The zero-order valence-corrected chi connectivity index (χ0v) is 20.0. The van der Waals surface area contributed by atoms with Crippen LogP contribution in [0.2, 0.25) is 16.6 Å². The molecule has 0 bridgehead atoms. The highest BCUT2D eigenvalue weighted by Gasteiger charge is 2.48. The van der Waals surface area contributed by atoms with Crippen molar-refractivity contribution in [3.63, 3.8) is 0 Å². The normalized spacial score (nSPS) is 14.7. The molecule has 0 saturated carbocycles. The molecule has 154 valence electrons. The van der Waals surface area contributed by atoms with Crippen molar-refractivity contribution in [1.29, 1.82) is 0 Å². The molecule has 0 radical (unpaired) electrons. The van der Waals surface area contributed by atoms with Gasteiger partial charge in [-0.05, 0) is 52.8 Å². The lowest BCUT2D eigenvalue weighted by atomic mass is 9.84. The summed E-state index contributed by atoms with van der Waals surface area (Å²) in [4.78, 5) is 0. The first-order valence-corrected chi connectivity index (χ1v) is 13.2. The van der Waals surface area contributed by atoms with Gasteiger partial charge < -0.3 is 9.53 Å². The second-order valence-electron chi connectivity index (χ2n) is 9.84. The van der Waals surface area contributed by atoms with Crippen LogP contribution in [0, 0.1) is 0 Å². The molecule has 1 aliphatic rings. The Morgan fingerprint density at radius 3 is 2.04 bits per heavy atom. The predicted octanol–water partition coefficient (Wildman–Crippen LogP) is 7.71. The maximum atomic E-state index is 11.3. The molecule has 3 heteroatoms. The number of hydrogen-bond acceptors (Lipinski definition) is 2. The molecule has 0 unspecified atom stereocenters. The van der Waals surface area contributed by atoms with E-state index in [1.54, 1.807) is 0 Å². The number of aromatic hydroxyl groups is 1. The Hall–Kier alpha value is -1.48. The zero-order valence-electron chi connectivity index (χ0n) is 19.0. The Morgan fingerprint density at radius 2 is 1.50 bits per heavy atom. The van der Waals surface area contributed by atoms with Gasteiger partial charge in [0.05, 0.1) is 0 Å². The lowest BCUT2D eigenvalue weighted by molar-refractivity contribution is 0.441. The van der Waals surface area contributed by atoms with E-state index in [0.717, 1.165) is 36.0 Å². The molecule has 0 fully saturated rings. The first-order chi connectivity index (χ1) is 13.1. The average molecular weight is 399 g/mol. The maximum absolute atomic E-state index is 11.3. The zero-order chi connectivity index (χ0) is 20.8. The fourth-order valence-electron chi connectivity index (χ4n) is 5.77. The Balaban J connectivity index is 2.37. The van der Waals surface area contributed by atoms with E-state index in [1.807, 2.05) is 0 Å². The molecule has 0 amide bonds. The Morgan fingerprint density at radius 1 is 0.893 bits per heavy atom. The molecule has 0 atom stereocenters. The molecule has 2 aromatic rings. The highest BCUT2D eigenvalue weighted by molar-refractivity contribution is 6.78. The second-order valence-corrected chi connectivity index (χ2v) is 15.2. The summed E-state index contributed by atoms with van der Waals surface area (Å²) >= 11 is 0. The molecule has 1 N–H and O–H groups in total. The van der Waals surface area contributed by atoms with Crippen LogP contribution in [0.4, 0.5) is 0 Å². The minimum Gasteiger partial charge on any atom is -0.542 e. The third-order valence-corrected chi connectivity index (χ3v) is 12.9. The van der Waals surface area contributed by atoms with Gasteiger partial charge >= 0.3 is 0 Å². The molecule has 28 heavy (non-hydrogen) atoms. The molecule has 1 aliphatic carbocycles. The Labute approximate surface area is 172 Å². The number of rotatable bonds is 6. The molecule has 2 aromatic carbocycles. The van der Waals surface area contributed by atoms with Crippen molar-refractivity contribution < 1.29 is 9.53 Å². The van der Waals surface area contributed by atoms with E-state index in [-0.39, 0.29) is 5.92 Å². The number of benzene rings is 2. The Kier molecular flexibility index (Phi) is 5.87. The van der Waals surface area contributed by atoms with Crippen molar-refractivity contribution in [2.45, 2.75) is 97.2 Å². The maximum Gasteiger partial charge on any atom is 0.258 e. The summed E-state index contributed by atoms with van der Waals surface area (Å²) in [5.74, 6) is 1.68. The highest BCUT2D eigenvalue weighted by atomic mass is 28.4. The molecule has 0 spiro atoms. The van der Waals surface area contributed by atoms with E-state index < -0.39 is 8.32 Å². The molecule has 2 nitrogen and oxygen atoms in total. The predicted molar refractivity (Wildman–Crippen MR) is 123 cm³/mol. The summed E-state index contributed by atoms with van der Waals surface area (Å²) in [5, 5.41) is 13.6. The van der Waals surface area contributed by atoms with Gasteiger partial charge in [0.15, 0.2) is 0 Å². The van der Waals surface area contributed by atoms with Crippen LogP contribution in [-0.2, 0) is 12.8 Å². The van der Waals surface area contributed by atoms with Crippen LogP contribution in [0.3, 0.4) is 0 Å². The minimum atomic E-state index is -2.11. The lowest BCUT2D eigenvalue weighted by Crippen LogP contribution is -2.51. The standard InChI is InChI=1S/C25H38O2Si/c1-15(2)22-24(26)20-13-9-11-19-12-10-14-21(23(19)20)25(22)27-28(16(3)4,17(5)6)18(7)8/h9,11,13,15-18,26H,10,12,14H2,1-8H3. The van der Waals surface area contributed by atoms with Gasteiger partial charge in [0.2, 0.25) is 0 Å². The van der Waals surface area contributed by atoms with E-state index in [9.17, 15) is 5.11 Å². The molecule has 0 saturated heterocycles. The van der Waals surface area contributed by atoms with Gasteiger partial charge in [0.25, 0.3) is 8.32 Å². The molecular weight excluding hydrogens is 360 g/mol. The van der Waals surface area contributed by atoms with Gasteiger partial charge in [-0.3, -0.25) is 0 Å². The van der Waals surface area contributed by atoms with Crippen LogP contribution in [0.1, 0.15) is 84.4 Å². The second kappa shape index (κ2) is 7.74. The smallest absolute Gasteiger partial charge is 0.258 e. The Bertz CT molecular complexity index is 843. The largest absolute Gasteiger partial charge is 0.542 e. The number of phenolic OH excluding ortho intramolecular Hbond substituents is 1. The van der Waals surface area contributed by atoms with Crippen LogP contribution >= 0.6 is 0 Å². The monoisotopic (exact) mass is 398 g/mol. The van der Waals surface area contributed by atoms with Gasteiger partial charge in [-0.15, -0.1) is 0 Å². The van der Waals surface area contributed by atoms with E-state index in [1.165, 1.54) is 16.5 Å².